The average Bonchev–Trinajstić information content (AvgIpc) is 2.51. The summed E-state index contributed by atoms with van der Waals surface area (Å²) >= 11 is 1.50. The highest BCUT2D eigenvalue weighted by Crippen LogP contribution is 2.40. The summed E-state index contributed by atoms with van der Waals surface area (Å²) in [4.78, 5) is 26.0. The third kappa shape index (κ3) is 3.12. The predicted octanol–water partition coefficient (Wildman–Crippen LogP) is 2.77. The van der Waals surface area contributed by atoms with Gasteiger partial charge in [0.05, 0.1) is 11.2 Å². The molecule has 24 heavy (non-hydrogen) atoms. The van der Waals surface area contributed by atoms with E-state index in [9.17, 15) is 4.79 Å². The zero-order valence-electron chi connectivity index (χ0n) is 13.9. The lowest BCUT2D eigenvalue weighted by atomic mass is 9.89. The number of benzene rings is 1. The number of fused-ring (bicyclic) bond motifs is 1. The maximum Gasteiger partial charge on any atom is 0.224 e. The number of thioether (sulfide) groups is 1. The summed E-state index contributed by atoms with van der Waals surface area (Å²) in [6.45, 7) is 5.67. The molecule has 2 heterocycles. The Balaban J connectivity index is 1.94. The van der Waals surface area contributed by atoms with Crippen LogP contribution in [0.4, 0.5) is 11.6 Å². The van der Waals surface area contributed by atoms with Gasteiger partial charge >= 0.3 is 0 Å². The van der Waals surface area contributed by atoms with Crippen LogP contribution in [-0.2, 0) is 4.79 Å². The van der Waals surface area contributed by atoms with E-state index in [-0.39, 0.29) is 11.9 Å². The molecule has 1 aliphatic rings. The highest BCUT2D eigenvalue weighted by molar-refractivity contribution is 7.99. The molecule has 0 unspecified atom stereocenters. The molecule has 0 spiro atoms. The summed E-state index contributed by atoms with van der Waals surface area (Å²) in [5, 5.41) is 0.590. The van der Waals surface area contributed by atoms with E-state index in [1.54, 1.807) is 6.92 Å². The largest absolute Gasteiger partial charge is 0.368 e. The van der Waals surface area contributed by atoms with Crippen molar-refractivity contribution in [2.75, 3.05) is 16.4 Å². The number of amides is 1. The van der Waals surface area contributed by atoms with Crippen LogP contribution in [0.15, 0.2) is 41.8 Å². The molecule has 124 valence electrons. The van der Waals surface area contributed by atoms with Crippen molar-refractivity contribution < 1.29 is 4.79 Å². The van der Waals surface area contributed by atoms with Crippen LogP contribution in [-0.4, -0.2) is 32.2 Å². The summed E-state index contributed by atoms with van der Waals surface area (Å²) in [6.07, 6.45) is 3.55. The van der Waals surface area contributed by atoms with Crippen molar-refractivity contribution in [1.29, 1.82) is 0 Å². The highest BCUT2D eigenvalue weighted by Gasteiger charge is 2.34. The number of carbonyl (C=O) groups is 1. The van der Waals surface area contributed by atoms with Crippen molar-refractivity contribution in [2.45, 2.75) is 31.5 Å². The van der Waals surface area contributed by atoms with Gasteiger partial charge in [-0.2, -0.15) is 4.98 Å². The lowest BCUT2D eigenvalue weighted by molar-refractivity contribution is -0.117. The van der Waals surface area contributed by atoms with Gasteiger partial charge in [0, 0.05) is 18.2 Å². The van der Waals surface area contributed by atoms with Crippen molar-refractivity contribution >= 4 is 34.9 Å². The van der Waals surface area contributed by atoms with Gasteiger partial charge in [-0.1, -0.05) is 36.0 Å². The molecule has 1 amide bonds. The Morgan fingerprint density at radius 3 is 2.75 bits per heavy atom. The first-order valence-corrected chi connectivity index (χ1v) is 8.56. The topological polar surface area (TPSA) is 85.0 Å². The van der Waals surface area contributed by atoms with E-state index in [2.05, 4.69) is 21.0 Å². The van der Waals surface area contributed by atoms with Crippen LogP contribution in [0.5, 0.6) is 0 Å². The summed E-state index contributed by atoms with van der Waals surface area (Å²) in [5.41, 5.74) is 8.35. The second-order valence-corrected chi connectivity index (χ2v) is 7.05. The SMILES string of the molecule is CC(=O)N1c2ccccc2C(CSc2ncnc(N)n2)=CC1(C)C. The lowest BCUT2D eigenvalue weighted by Crippen LogP contribution is -2.48. The Kier molecular flexibility index (Phi) is 4.28. The average molecular weight is 341 g/mol. The Labute approximate surface area is 145 Å². The fourth-order valence-electron chi connectivity index (χ4n) is 3.02. The summed E-state index contributed by atoms with van der Waals surface area (Å²) in [6, 6.07) is 7.95. The van der Waals surface area contributed by atoms with Crippen molar-refractivity contribution in [3.05, 3.63) is 42.2 Å². The van der Waals surface area contributed by atoms with E-state index in [1.807, 2.05) is 43.0 Å². The van der Waals surface area contributed by atoms with E-state index in [0.29, 0.717) is 10.9 Å². The summed E-state index contributed by atoms with van der Waals surface area (Å²) in [5.74, 6) is 0.935. The number of anilines is 2. The Morgan fingerprint density at radius 2 is 2.04 bits per heavy atom. The molecule has 7 heteroatoms. The van der Waals surface area contributed by atoms with Gasteiger partial charge in [0.25, 0.3) is 0 Å². The number of para-hydroxylation sites is 1. The van der Waals surface area contributed by atoms with Crippen molar-refractivity contribution in [3.8, 4) is 0 Å². The second kappa shape index (κ2) is 6.24. The van der Waals surface area contributed by atoms with Crippen LogP contribution in [0.1, 0.15) is 26.3 Å². The fraction of sp³-hybridized carbons (Fsp3) is 0.294. The van der Waals surface area contributed by atoms with Crippen LogP contribution in [0.25, 0.3) is 5.57 Å². The number of nitrogens with zero attached hydrogens (tertiary/aromatic N) is 4. The van der Waals surface area contributed by atoms with Crippen molar-refractivity contribution in [3.63, 3.8) is 0 Å². The van der Waals surface area contributed by atoms with Gasteiger partial charge in [-0.05, 0) is 25.5 Å². The van der Waals surface area contributed by atoms with Gasteiger partial charge in [0.15, 0.2) is 5.16 Å². The molecule has 0 fully saturated rings. The third-order valence-corrected chi connectivity index (χ3v) is 4.74. The monoisotopic (exact) mass is 341 g/mol. The van der Waals surface area contributed by atoms with E-state index < -0.39 is 5.54 Å². The Morgan fingerprint density at radius 1 is 1.29 bits per heavy atom. The number of carbonyl (C=O) groups excluding carboxylic acids is 1. The standard InChI is InChI=1S/C17H19N5OS/c1-11(23)22-14-7-5-4-6-13(14)12(8-17(22,2)3)9-24-16-20-10-19-15(18)21-16/h4-8,10H,9H2,1-3H3,(H2,18,19,20,21). The molecule has 1 aromatic carbocycles. The molecule has 0 radical (unpaired) electrons. The molecule has 1 aliphatic heterocycles. The predicted molar refractivity (Wildman–Crippen MR) is 96.6 cm³/mol. The number of rotatable bonds is 3. The molecule has 2 aromatic rings. The minimum Gasteiger partial charge on any atom is -0.368 e. The quantitative estimate of drug-likeness (QED) is 0.864. The van der Waals surface area contributed by atoms with Crippen LogP contribution in [0.2, 0.25) is 0 Å². The molecule has 0 saturated heterocycles. The molecular weight excluding hydrogens is 322 g/mol. The molecule has 0 saturated carbocycles. The number of hydrogen-bond donors (Lipinski definition) is 1. The first kappa shape index (κ1) is 16.4. The maximum atomic E-state index is 12.2. The normalized spacial score (nSPS) is 15.6. The summed E-state index contributed by atoms with van der Waals surface area (Å²) < 4.78 is 0. The molecule has 0 bridgehead atoms. The molecule has 0 atom stereocenters. The number of hydrogen-bond acceptors (Lipinski definition) is 6. The zero-order chi connectivity index (χ0) is 17.3. The van der Waals surface area contributed by atoms with Gasteiger partial charge in [0.2, 0.25) is 11.9 Å². The van der Waals surface area contributed by atoms with Crippen LogP contribution >= 0.6 is 11.8 Å². The highest BCUT2D eigenvalue weighted by atomic mass is 32.2. The minimum atomic E-state index is -0.395. The van der Waals surface area contributed by atoms with Crippen LogP contribution in [0.3, 0.4) is 0 Å². The zero-order valence-corrected chi connectivity index (χ0v) is 14.7. The van der Waals surface area contributed by atoms with Crippen LogP contribution in [0, 0.1) is 0 Å². The minimum absolute atomic E-state index is 0.0284. The maximum absolute atomic E-state index is 12.2. The summed E-state index contributed by atoms with van der Waals surface area (Å²) in [7, 11) is 0. The third-order valence-electron chi connectivity index (χ3n) is 3.83. The molecule has 0 aliphatic carbocycles. The molecule has 1 aromatic heterocycles. The van der Waals surface area contributed by atoms with Crippen LogP contribution < -0.4 is 10.6 Å². The number of nitrogens with two attached hydrogens (primary N) is 1. The van der Waals surface area contributed by atoms with E-state index in [1.165, 1.54) is 18.1 Å². The molecule has 2 N–H and O–H groups in total. The molecule has 3 rings (SSSR count). The lowest BCUT2D eigenvalue weighted by Gasteiger charge is -2.41. The van der Waals surface area contributed by atoms with Gasteiger partial charge in [0.1, 0.15) is 6.33 Å². The smallest absolute Gasteiger partial charge is 0.224 e. The number of nitrogen functional groups attached to an aromatic ring is 1. The van der Waals surface area contributed by atoms with Gasteiger partial charge in [-0.3, -0.25) is 4.79 Å². The van der Waals surface area contributed by atoms with Gasteiger partial charge in [-0.15, -0.1) is 0 Å². The molecular formula is C17H19N5OS. The van der Waals surface area contributed by atoms with E-state index >= 15 is 0 Å². The van der Waals surface area contributed by atoms with Crippen molar-refractivity contribution in [2.24, 2.45) is 0 Å². The fourth-order valence-corrected chi connectivity index (χ4v) is 3.82. The first-order valence-electron chi connectivity index (χ1n) is 7.58. The Bertz CT molecular complexity index is 818. The Hall–Kier alpha value is -2.41. The molecule has 6 nitrogen and oxygen atoms in total. The number of aromatic nitrogens is 3. The van der Waals surface area contributed by atoms with Gasteiger partial charge < -0.3 is 10.6 Å². The first-order chi connectivity index (χ1) is 11.4. The van der Waals surface area contributed by atoms with Gasteiger partial charge in [-0.25, -0.2) is 9.97 Å². The second-order valence-electron chi connectivity index (χ2n) is 6.11. The van der Waals surface area contributed by atoms with E-state index in [0.717, 1.165) is 16.8 Å². The van der Waals surface area contributed by atoms with E-state index in [4.69, 9.17) is 5.73 Å². The van der Waals surface area contributed by atoms with Crippen molar-refractivity contribution in [1.82, 2.24) is 15.0 Å².